The maximum Gasteiger partial charge on any atom is 0.240 e. The van der Waals surface area contributed by atoms with Crippen molar-refractivity contribution >= 4 is 15.7 Å². The number of hydrogen-bond donors (Lipinski definition) is 1. The third kappa shape index (κ3) is 4.14. The Hall–Kier alpha value is -2.05. The third-order valence-corrected chi connectivity index (χ3v) is 6.05. The van der Waals surface area contributed by atoms with Crippen LogP contribution in [0.2, 0.25) is 0 Å². The Balaban J connectivity index is 1.62. The summed E-state index contributed by atoms with van der Waals surface area (Å²) >= 11 is 0. The molecule has 0 saturated heterocycles. The molecule has 0 fully saturated rings. The molecule has 3 rings (SSSR count). The van der Waals surface area contributed by atoms with Crippen LogP contribution >= 0.6 is 0 Å². The summed E-state index contributed by atoms with van der Waals surface area (Å²) < 4.78 is 32.4. The van der Waals surface area contributed by atoms with Crippen molar-refractivity contribution in [3.05, 3.63) is 53.6 Å². The largest absolute Gasteiger partial charge is 0.497 e. The first-order valence-electron chi connectivity index (χ1n) is 8.46. The molecule has 2 aromatic rings. The Morgan fingerprint density at radius 1 is 1.16 bits per heavy atom. The zero-order valence-electron chi connectivity index (χ0n) is 14.7. The van der Waals surface area contributed by atoms with Crippen LogP contribution in [0.1, 0.15) is 17.5 Å². The number of anilines is 1. The van der Waals surface area contributed by atoms with E-state index in [1.54, 1.807) is 31.4 Å². The van der Waals surface area contributed by atoms with Crippen LogP contribution in [0.3, 0.4) is 0 Å². The molecular formula is C19H24N2O3S. The van der Waals surface area contributed by atoms with E-state index in [0.29, 0.717) is 18.7 Å². The SMILES string of the molecule is COc1ccc(S(=O)(=O)NCCc2ccc3c(c2)CCCN3C)cc1. The number of sulfonamides is 1. The van der Waals surface area contributed by atoms with E-state index in [9.17, 15) is 8.42 Å². The highest BCUT2D eigenvalue weighted by atomic mass is 32.2. The standard InChI is InChI=1S/C19H24N2O3S/c1-21-13-3-4-16-14-15(5-10-19(16)21)11-12-20-25(22,23)18-8-6-17(24-2)7-9-18/h5-10,14,20H,3-4,11-13H2,1-2H3. The van der Waals surface area contributed by atoms with E-state index in [4.69, 9.17) is 4.74 Å². The van der Waals surface area contributed by atoms with Crippen molar-refractivity contribution in [1.29, 1.82) is 0 Å². The first-order chi connectivity index (χ1) is 12.0. The first-order valence-corrected chi connectivity index (χ1v) is 9.94. The average Bonchev–Trinajstić information content (AvgIpc) is 2.62. The van der Waals surface area contributed by atoms with Gasteiger partial charge in [-0.15, -0.1) is 0 Å². The summed E-state index contributed by atoms with van der Waals surface area (Å²) in [6.45, 7) is 1.47. The molecule has 2 aromatic carbocycles. The molecule has 0 unspecified atom stereocenters. The highest BCUT2D eigenvalue weighted by Gasteiger charge is 2.15. The van der Waals surface area contributed by atoms with E-state index in [1.165, 1.54) is 11.3 Å². The molecule has 6 heteroatoms. The van der Waals surface area contributed by atoms with Gasteiger partial charge in [0.2, 0.25) is 10.0 Å². The summed E-state index contributed by atoms with van der Waals surface area (Å²) in [4.78, 5) is 2.52. The van der Waals surface area contributed by atoms with Crippen LogP contribution in [0, 0.1) is 0 Å². The molecule has 25 heavy (non-hydrogen) atoms. The fraction of sp³-hybridized carbons (Fsp3) is 0.368. The third-order valence-electron chi connectivity index (χ3n) is 4.57. The van der Waals surface area contributed by atoms with Crippen molar-refractivity contribution in [1.82, 2.24) is 4.72 Å². The lowest BCUT2D eigenvalue weighted by Crippen LogP contribution is -2.26. The van der Waals surface area contributed by atoms with Gasteiger partial charge >= 0.3 is 0 Å². The van der Waals surface area contributed by atoms with Crippen LogP contribution in [0.25, 0.3) is 0 Å². The number of rotatable bonds is 6. The summed E-state index contributed by atoms with van der Waals surface area (Å²) in [5, 5.41) is 0. The lowest BCUT2D eigenvalue weighted by atomic mass is 9.98. The molecule has 0 aromatic heterocycles. The second kappa shape index (κ2) is 7.45. The van der Waals surface area contributed by atoms with Gasteiger partial charge in [0.15, 0.2) is 0 Å². The molecule has 1 aliphatic rings. The minimum Gasteiger partial charge on any atom is -0.497 e. The quantitative estimate of drug-likeness (QED) is 0.860. The second-order valence-electron chi connectivity index (χ2n) is 6.31. The Morgan fingerprint density at radius 3 is 2.64 bits per heavy atom. The van der Waals surface area contributed by atoms with Gasteiger partial charge in [-0.25, -0.2) is 13.1 Å². The Bertz CT molecular complexity index is 832. The number of ether oxygens (including phenoxy) is 1. The zero-order valence-corrected chi connectivity index (χ0v) is 15.5. The number of aryl methyl sites for hydroxylation is 1. The minimum absolute atomic E-state index is 0.250. The highest BCUT2D eigenvalue weighted by molar-refractivity contribution is 7.89. The zero-order chi connectivity index (χ0) is 17.9. The van der Waals surface area contributed by atoms with E-state index >= 15 is 0 Å². The average molecular weight is 360 g/mol. The van der Waals surface area contributed by atoms with Crippen molar-refractivity contribution in [2.24, 2.45) is 0 Å². The number of methoxy groups -OCH3 is 1. The summed E-state index contributed by atoms with van der Waals surface area (Å²) in [5.74, 6) is 0.637. The lowest BCUT2D eigenvalue weighted by Gasteiger charge is -2.27. The maximum absolute atomic E-state index is 12.3. The predicted octanol–water partition coefficient (Wildman–Crippen LogP) is 2.60. The smallest absolute Gasteiger partial charge is 0.240 e. The number of benzene rings is 2. The van der Waals surface area contributed by atoms with Gasteiger partial charge in [0.1, 0.15) is 5.75 Å². The molecule has 0 saturated carbocycles. The number of nitrogens with zero attached hydrogens (tertiary/aromatic N) is 1. The van der Waals surface area contributed by atoms with Crippen LogP contribution in [0.15, 0.2) is 47.4 Å². The van der Waals surface area contributed by atoms with Gasteiger partial charge in [-0.1, -0.05) is 12.1 Å². The van der Waals surface area contributed by atoms with E-state index in [2.05, 4.69) is 34.9 Å². The number of nitrogens with one attached hydrogen (secondary N) is 1. The van der Waals surface area contributed by atoms with Crippen molar-refractivity contribution < 1.29 is 13.2 Å². The van der Waals surface area contributed by atoms with Gasteiger partial charge < -0.3 is 9.64 Å². The molecule has 0 amide bonds. The summed E-state index contributed by atoms with van der Waals surface area (Å²) in [5.41, 5.74) is 3.80. The molecule has 134 valence electrons. The van der Waals surface area contributed by atoms with E-state index in [1.807, 2.05) is 0 Å². The Labute approximate surface area is 149 Å². The van der Waals surface area contributed by atoms with Gasteiger partial charge in [0.25, 0.3) is 0 Å². The molecule has 1 heterocycles. The van der Waals surface area contributed by atoms with E-state index < -0.39 is 10.0 Å². The van der Waals surface area contributed by atoms with E-state index in [-0.39, 0.29) is 4.90 Å². The Kier molecular flexibility index (Phi) is 5.30. The van der Waals surface area contributed by atoms with Crippen LogP contribution in [-0.2, 0) is 22.9 Å². The van der Waals surface area contributed by atoms with Gasteiger partial charge in [-0.3, -0.25) is 0 Å². The number of hydrogen-bond acceptors (Lipinski definition) is 4. The minimum atomic E-state index is -3.50. The summed E-state index contributed by atoms with van der Waals surface area (Å²) in [6, 6.07) is 12.8. The fourth-order valence-corrected chi connectivity index (χ4v) is 4.19. The van der Waals surface area contributed by atoms with Crippen molar-refractivity contribution in [2.75, 3.05) is 32.1 Å². The monoisotopic (exact) mass is 360 g/mol. The molecule has 0 aliphatic carbocycles. The van der Waals surface area contributed by atoms with E-state index in [0.717, 1.165) is 24.9 Å². The van der Waals surface area contributed by atoms with Crippen LogP contribution in [-0.4, -0.2) is 35.7 Å². The van der Waals surface area contributed by atoms with Gasteiger partial charge in [0.05, 0.1) is 12.0 Å². The normalized spacial score (nSPS) is 14.2. The van der Waals surface area contributed by atoms with Gasteiger partial charge in [-0.05, 0) is 60.7 Å². The lowest BCUT2D eigenvalue weighted by molar-refractivity contribution is 0.414. The molecule has 0 bridgehead atoms. The molecular weight excluding hydrogens is 336 g/mol. The van der Waals surface area contributed by atoms with Gasteiger partial charge in [-0.2, -0.15) is 0 Å². The number of fused-ring (bicyclic) bond motifs is 1. The highest BCUT2D eigenvalue weighted by Crippen LogP contribution is 2.26. The fourth-order valence-electron chi connectivity index (χ4n) is 3.16. The van der Waals surface area contributed by atoms with Crippen molar-refractivity contribution in [3.63, 3.8) is 0 Å². The van der Waals surface area contributed by atoms with Crippen LogP contribution < -0.4 is 14.4 Å². The summed E-state index contributed by atoms with van der Waals surface area (Å²) in [6.07, 6.45) is 2.93. The first kappa shape index (κ1) is 17.8. The predicted molar refractivity (Wildman–Crippen MR) is 99.9 cm³/mol. The van der Waals surface area contributed by atoms with Crippen LogP contribution in [0.4, 0.5) is 5.69 Å². The van der Waals surface area contributed by atoms with Gasteiger partial charge in [0, 0.05) is 25.8 Å². The second-order valence-corrected chi connectivity index (χ2v) is 8.08. The maximum atomic E-state index is 12.3. The van der Waals surface area contributed by atoms with Crippen molar-refractivity contribution in [3.8, 4) is 5.75 Å². The molecule has 0 spiro atoms. The molecule has 0 radical (unpaired) electrons. The van der Waals surface area contributed by atoms with Crippen LogP contribution in [0.5, 0.6) is 5.75 Å². The molecule has 1 aliphatic heterocycles. The molecule has 1 N–H and O–H groups in total. The molecule has 5 nitrogen and oxygen atoms in total. The van der Waals surface area contributed by atoms with Crippen molar-refractivity contribution in [2.45, 2.75) is 24.2 Å². The Morgan fingerprint density at radius 2 is 1.92 bits per heavy atom. The summed E-state index contributed by atoms with van der Waals surface area (Å²) in [7, 11) is 0.170. The molecule has 0 atom stereocenters. The topological polar surface area (TPSA) is 58.6 Å².